The number of hydrogen-bond donors (Lipinski definition) is 1. The number of aryl methyl sites for hydroxylation is 1. The molecule has 0 fully saturated rings. The molecule has 0 bridgehead atoms. The maximum Gasteiger partial charge on any atom is 0.407 e. The van der Waals surface area contributed by atoms with E-state index >= 15 is 0 Å². The summed E-state index contributed by atoms with van der Waals surface area (Å²) in [4.78, 5) is 11.6. The summed E-state index contributed by atoms with van der Waals surface area (Å²) in [5.41, 5.74) is 0.693. The van der Waals surface area contributed by atoms with Gasteiger partial charge in [-0.05, 0) is 30.7 Å². The van der Waals surface area contributed by atoms with Crippen molar-refractivity contribution < 1.29 is 19.0 Å². The van der Waals surface area contributed by atoms with Gasteiger partial charge in [0.2, 0.25) is 0 Å². The number of halogens is 1. The molecule has 0 radical (unpaired) electrons. The third-order valence-electron chi connectivity index (χ3n) is 2.15. The molecule has 0 heterocycles. The lowest BCUT2D eigenvalue weighted by molar-refractivity contribution is 0.147. The number of hydrogen-bond acceptors (Lipinski definition) is 2. The van der Waals surface area contributed by atoms with Gasteiger partial charge in [-0.2, -0.15) is 0 Å². The van der Waals surface area contributed by atoms with E-state index in [1.165, 1.54) is 25.2 Å². The van der Waals surface area contributed by atoms with E-state index in [1.807, 2.05) is 0 Å². The van der Waals surface area contributed by atoms with Gasteiger partial charge in [-0.15, -0.1) is 0 Å². The van der Waals surface area contributed by atoms with Crippen molar-refractivity contribution >= 4 is 6.09 Å². The summed E-state index contributed by atoms with van der Waals surface area (Å²) < 4.78 is 18.1. The first-order valence-corrected chi connectivity index (χ1v) is 4.83. The first-order valence-electron chi connectivity index (χ1n) is 4.83. The van der Waals surface area contributed by atoms with Crippen LogP contribution in [-0.4, -0.2) is 36.3 Å². The first-order chi connectivity index (χ1) is 7.50. The van der Waals surface area contributed by atoms with Crippen LogP contribution in [0.1, 0.15) is 5.56 Å². The van der Waals surface area contributed by atoms with Gasteiger partial charge in [-0.1, -0.05) is 0 Å². The van der Waals surface area contributed by atoms with E-state index < -0.39 is 6.09 Å². The molecule has 1 rings (SSSR count). The molecule has 0 atom stereocenters. The number of amides is 1. The Hall–Kier alpha value is -1.78. The van der Waals surface area contributed by atoms with Crippen molar-refractivity contribution in [2.45, 2.75) is 6.92 Å². The Labute approximate surface area is 93.3 Å². The van der Waals surface area contributed by atoms with Crippen LogP contribution in [0, 0.1) is 12.7 Å². The van der Waals surface area contributed by atoms with Crippen LogP contribution in [0.25, 0.3) is 0 Å². The number of likely N-dealkylation sites (N-methyl/N-ethyl adjacent to an activating group) is 1. The fraction of sp³-hybridized carbons (Fsp3) is 0.364. The topological polar surface area (TPSA) is 49.8 Å². The van der Waals surface area contributed by atoms with Gasteiger partial charge in [0.15, 0.2) is 0 Å². The van der Waals surface area contributed by atoms with Crippen molar-refractivity contribution in [3.63, 3.8) is 0 Å². The SMILES string of the molecule is Cc1cc(F)ccc1OCCN(C)C(=O)O. The lowest BCUT2D eigenvalue weighted by Gasteiger charge is -2.14. The highest BCUT2D eigenvalue weighted by molar-refractivity contribution is 5.64. The summed E-state index contributed by atoms with van der Waals surface area (Å²) in [5, 5.41) is 8.59. The largest absolute Gasteiger partial charge is 0.491 e. The predicted octanol–water partition coefficient (Wildman–Crippen LogP) is 2.12. The zero-order valence-electron chi connectivity index (χ0n) is 9.24. The van der Waals surface area contributed by atoms with Gasteiger partial charge in [0.1, 0.15) is 18.2 Å². The molecule has 1 amide bonds. The highest BCUT2D eigenvalue weighted by Crippen LogP contribution is 2.18. The molecule has 1 aromatic carbocycles. The first kappa shape index (κ1) is 12.3. The Balaban J connectivity index is 2.46. The van der Waals surface area contributed by atoms with E-state index in [-0.39, 0.29) is 19.0 Å². The zero-order chi connectivity index (χ0) is 12.1. The molecule has 1 N–H and O–H groups in total. The second-order valence-electron chi connectivity index (χ2n) is 3.46. The van der Waals surface area contributed by atoms with E-state index in [0.717, 1.165) is 4.90 Å². The third-order valence-corrected chi connectivity index (χ3v) is 2.15. The van der Waals surface area contributed by atoms with E-state index in [2.05, 4.69) is 0 Å². The quantitative estimate of drug-likeness (QED) is 0.857. The normalized spacial score (nSPS) is 9.94. The van der Waals surface area contributed by atoms with E-state index in [1.54, 1.807) is 6.92 Å². The average Bonchev–Trinajstić information content (AvgIpc) is 2.20. The summed E-state index contributed by atoms with van der Waals surface area (Å²) in [6.07, 6.45) is -1.00. The summed E-state index contributed by atoms with van der Waals surface area (Å²) in [5.74, 6) is 0.257. The van der Waals surface area contributed by atoms with Crippen LogP contribution in [0.15, 0.2) is 18.2 Å². The summed E-state index contributed by atoms with van der Waals surface area (Å²) in [6, 6.07) is 4.21. The fourth-order valence-corrected chi connectivity index (χ4v) is 1.16. The minimum Gasteiger partial charge on any atom is -0.491 e. The third kappa shape index (κ3) is 3.42. The molecule has 16 heavy (non-hydrogen) atoms. The highest BCUT2D eigenvalue weighted by atomic mass is 19.1. The lowest BCUT2D eigenvalue weighted by Crippen LogP contribution is -2.29. The maximum absolute atomic E-state index is 12.8. The van der Waals surface area contributed by atoms with Crippen molar-refractivity contribution in [3.8, 4) is 5.75 Å². The number of carboxylic acid groups (broad SMARTS) is 1. The molecule has 0 saturated heterocycles. The monoisotopic (exact) mass is 227 g/mol. The van der Waals surface area contributed by atoms with Gasteiger partial charge in [0, 0.05) is 7.05 Å². The number of rotatable bonds is 4. The second kappa shape index (κ2) is 5.34. The lowest BCUT2D eigenvalue weighted by atomic mass is 10.2. The zero-order valence-corrected chi connectivity index (χ0v) is 9.24. The molecule has 0 aliphatic rings. The van der Waals surface area contributed by atoms with Gasteiger partial charge < -0.3 is 14.7 Å². The molecule has 0 saturated carbocycles. The van der Waals surface area contributed by atoms with Crippen LogP contribution >= 0.6 is 0 Å². The highest BCUT2D eigenvalue weighted by Gasteiger charge is 2.05. The van der Waals surface area contributed by atoms with Gasteiger partial charge in [0.25, 0.3) is 0 Å². The van der Waals surface area contributed by atoms with Crippen molar-refractivity contribution in [2.75, 3.05) is 20.2 Å². The molecule has 1 aromatic rings. The average molecular weight is 227 g/mol. The Morgan fingerprint density at radius 2 is 2.25 bits per heavy atom. The van der Waals surface area contributed by atoms with Gasteiger partial charge in [-0.25, -0.2) is 9.18 Å². The number of benzene rings is 1. The minimum atomic E-state index is -1.00. The Morgan fingerprint density at radius 3 is 2.81 bits per heavy atom. The van der Waals surface area contributed by atoms with E-state index in [0.29, 0.717) is 11.3 Å². The standard InChI is InChI=1S/C11H14FNO3/c1-8-7-9(12)3-4-10(8)16-6-5-13(2)11(14)15/h3-4,7H,5-6H2,1-2H3,(H,14,15). The molecule has 4 nitrogen and oxygen atoms in total. The van der Waals surface area contributed by atoms with Gasteiger partial charge in [-0.3, -0.25) is 0 Å². The van der Waals surface area contributed by atoms with Gasteiger partial charge >= 0.3 is 6.09 Å². The molecule has 0 aliphatic carbocycles. The summed E-state index contributed by atoms with van der Waals surface area (Å²) in [6.45, 7) is 2.25. The second-order valence-corrected chi connectivity index (χ2v) is 3.46. The van der Waals surface area contributed by atoms with E-state index in [9.17, 15) is 9.18 Å². The van der Waals surface area contributed by atoms with Crippen LogP contribution in [0.3, 0.4) is 0 Å². The van der Waals surface area contributed by atoms with Crippen LogP contribution in [0.4, 0.5) is 9.18 Å². The molecule has 0 unspecified atom stereocenters. The van der Waals surface area contributed by atoms with Crippen LogP contribution in [0.2, 0.25) is 0 Å². The molecule has 5 heteroatoms. The van der Waals surface area contributed by atoms with Crippen LogP contribution in [-0.2, 0) is 0 Å². The summed E-state index contributed by atoms with van der Waals surface area (Å²) in [7, 11) is 1.46. The number of carbonyl (C=O) groups is 1. The molecule has 0 spiro atoms. The van der Waals surface area contributed by atoms with E-state index in [4.69, 9.17) is 9.84 Å². The van der Waals surface area contributed by atoms with Crippen molar-refractivity contribution in [3.05, 3.63) is 29.6 Å². The molecule has 0 aliphatic heterocycles. The van der Waals surface area contributed by atoms with Crippen LogP contribution < -0.4 is 4.74 Å². The molecular weight excluding hydrogens is 213 g/mol. The summed E-state index contributed by atoms with van der Waals surface area (Å²) >= 11 is 0. The van der Waals surface area contributed by atoms with Crippen molar-refractivity contribution in [1.82, 2.24) is 4.90 Å². The van der Waals surface area contributed by atoms with Crippen molar-refractivity contribution in [2.24, 2.45) is 0 Å². The molecule has 0 aromatic heterocycles. The number of ether oxygens (including phenoxy) is 1. The van der Waals surface area contributed by atoms with Crippen molar-refractivity contribution in [1.29, 1.82) is 0 Å². The minimum absolute atomic E-state index is 0.245. The Kier molecular flexibility index (Phi) is 4.10. The molecule has 88 valence electrons. The Bertz CT molecular complexity index is 381. The van der Waals surface area contributed by atoms with Crippen LogP contribution in [0.5, 0.6) is 5.75 Å². The number of nitrogens with zero attached hydrogens (tertiary/aromatic N) is 1. The maximum atomic E-state index is 12.8. The molecular formula is C11H14FNO3. The Morgan fingerprint density at radius 1 is 1.56 bits per heavy atom. The predicted molar refractivity (Wildman–Crippen MR) is 57.3 cm³/mol. The smallest absolute Gasteiger partial charge is 0.407 e. The van der Waals surface area contributed by atoms with Gasteiger partial charge in [0.05, 0.1) is 6.54 Å². The fourth-order valence-electron chi connectivity index (χ4n) is 1.16.